The maximum atomic E-state index is 9.57. The molecule has 0 spiro atoms. The van der Waals surface area contributed by atoms with E-state index < -0.39 is 0 Å². The first kappa shape index (κ1) is 17.5. The Labute approximate surface area is 158 Å². The molecule has 2 aromatic heterocycles. The molecule has 1 N–H and O–H groups in total. The predicted octanol–water partition coefficient (Wildman–Crippen LogP) is 1.57. The minimum atomic E-state index is 0.546. The Balaban J connectivity index is 1.49. The smallest absolute Gasteiger partial charge is 0.227 e. The second-order valence-electron chi connectivity index (χ2n) is 6.63. The fraction of sp³-hybridized carbons (Fsp3) is 0.474. The lowest BCUT2D eigenvalue weighted by Crippen LogP contribution is -2.47. The lowest BCUT2D eigenvalue weighted by molar-refractivity contribution is 0.109. The molecule has 1 saturated heterocycles. The molecule has 0 amide bonds. The first-order valence-electron chi connectivity index (χ1n) is 9.36. The fourth-order valence-electron chi connectivity index (χ4n) is 3.50. The largest absolute Gasteiger partial charge is 0.376 e. The van der Waals surface area contributed by atoms with Gasteiger partial charge in [0.05, 0.1) is 24.5 Å². The Kier molecular flexibility index (Phi) is 5.03. The van der Waals surface area contributed by atoms with Crippen LogP contribution in [-0.2, 0) is 17.8 Å². The minimum Gasteiger partial charge on any atom is -0.376 e. The van der Waals surface area contributed by atoms with Gasteiger partial charge in [0.2, 0.25) is 5.95 Å². The molecular weight excluding hydrogens is 342 g/mol. The molecule has 27 heavy (non-hydrogen) atoms. The SMILES string of the molecule is CCNc1ccnc(N2CCN(c3nc4c(cc3C#N)COCC4)CC2)n1. The molecule has 4 rings (SSSR count). The fourth-order valence-corrected chi connectivity index (χ4v) is 3.50. The molecule has 0 bridgehead atoms. The van der Waals surface area contributed by atoms with E-state index in [-0.39, 0.29) is 0 Å². The zero-order valence-electron chi connectivity index (χ0n) is 15.5. The van der Waals surface area contributed by atoms with Crippen LogP contribution < -0.4 is 15.1 Å². The highest BCUT2D eigenvalue weighted by Crippen LogP contribution is 2.25. The van der Waals surface area contributed by atoms with Gasteiger partial charge in [0.25, 0.3) is 0 Å². The van der Waals surface area contributed by atoms with Crippen molar-refractivity contribution in [3.05, 3.63) is 35.2 Å². The summed E-state index contributed by atoms with van der Waals surface area (Å²) in [7, 11) is 0. The average Bonchev–Trinajstić information content (AvgIpc) is 2.73. The summed E-state index contributed by atoms with van der Waals surface area (Å²) >= 11 is 0. The van der Waals surface area contributed by atoms with Gasteiger partial charge in [-0.3, -0.25) is 0 Å². The molecule has 2 aliphatic heterocycles. The summed E-state index contributed by atoms with van der Waals surface area (Å²) in [5.74, 6) is 2.37. The van der Waals surface area contributed by atoms with Gasteiger partial charge in [-0.15, -0.1) is 0 Å². The number of nitrogens with zero attached hydrogens (tertiary/aromatic N) is 6. The number of aromatic nitrogens is 3. The van der Waals surface area contributed by atoms with Crippen LogP contribution in [0.25, 0.3) is 0 Å². The molecule has 8 nitrogen and oxygen atoms in total. The number of hydrogen-bond acceptors (Lipinski definition) is 8. The van der Waals surface area contributed by atoms with Crippen LogP contribution in [-0.4, -0.2) is 54.3 Å². The number of hydrogen-bond donors (Lipinski definition) is 1. The third-order valence-electron chi connectivity index (χ3n) is 4.90. The van der Waals surface area contributed by atoms with E-state index in [0.717, 1.165) is 68.0 Å². The van der Waals surface area contributed by atoms with Crippen LogP contribution >= 0.6 is 0 Å². The molecule has 0 atom stereocenters. The van der Waals surface area contributed by atoms with Gasteiger partial charge < -0.3 is 19.9 Å². The van der Waals surface area contributed by atoms with Crippen LogP contribution in [0.15, 0.2) is 18.3 Å². The first-order valence-corrected chi connectivity index (χ1v) is 9.36. The van der Waals surface area contributed by atoms with Crippen LogP contribution in [0.3, 0.4) is 0 Å². The Hall–Kier alpha value is -2.92. The van der Waals surface area contributed by atoms with Crippen molar-refractivity contribution in [3.63, 3.8) is 0 Å². The topological polar surface area (TPSA) is 90.2 Å². The van der Waals surface area contributed by atoms with E-state index >= 15 is 0 Å². The number of nitriles is 1. The van der Waals surface area contributed by atoms with Crippen LogP contribution in [0.2, 0.25) is 0 Å². The predicted molar refractivity (Wildman–Crippen MR) is 103 cm³/mol. The number of nitrogens with one attached hydrogen (secondary N) is 1. The van der Waals surface area contributed by atoms with Gasteiger partial charge in [-0.2, -0.15) is 10.2 Å². The molecular formula is C19H23N7O. The van der Waals surface area contributed by atoms with Gasteiger partial charge in [0.15, 0.2) is 0 Å². The van der Waals surface area contributed by atoms with E-state index in [1.807, 2.05) is 19.1 Å². The van der Waals surface area contributed by atoms with Crippen molar-refractivity contribution in [1.29, 1.82) is 5.26 Å². The molecule has 0 aromatic carbocycles. The molecule has 140 valence electrons. The summed E-state index contributed by atoms with van der Waals surface area (Å²) in [4.78, 5) is 18.2. The second kappa shape index (κ2) is 7.76. The highest BCUT2D eigenvalue weighted by atomic mass is 16.5. The van der Waals surface area contributed by atoms with Crippen LogP contribution in [0.4, 0.5) is 17.6 Å². The van der Waals surface area contributed by atoms with Crippen molar-refractivity contribution >= 4 is 17.6 Å². The van der Waals surface area contributed by atoms with Crippen molar-refractivity contribution in [2.75, 3.05) is 54.4 Å². The van der Waals surface area contributed by atoms with Gasteiger partial charge >= 0.3 is 0 Å². The Bertz CT molecular complexity index is 856. The lowest BCUT2D eigenvalue weighted by atomic mass is 10.1. The quantitative estimate of drug-likeness (QED) is 0.873. The van der Waals surface area contributed by atoms with E-state index in [1.54, 1.807) is 6.20 Å². The zero-order valence-corrected chi connectivity index (χ0v) is 15.5. The van der Waals surface area contributed by atoms with Crippen LogP contribution in [0.1, 0.15) is 23.7 Å². The summed E-state index contributed by atoms with van der Waals surface area (Å²) in [6, 6.07) is 6.12. The monoisotopic (exact) mass is 365 g/mol. The second-order valence-corrected chi connectivity index (χ2v) is 6.63. The Morgan fingerprint density at radius 1 is 1.22 bits per heavy atom. The van der Waals surface area contributed by atoms with Crippen molar-refractivity contribution in [1.82, 2.24) is 15.0 Å². The number of piperazine rings is 1. The van der Waals surface area contributed by atoms with Gasteiger partial charge in [-0.1, -0.05) is 0 Å². The van der Waals surface area contributed by atoms with Crippen LogP contribution in [0, 0.1) is 11.3 Å². The van der Waals surface area contributed by atoms with Crippen LogP contribution in [0.5, 0.6) is 0 Å². The first-order chi connectivity index (χ1) is 13.3. The Morgan fingerprint density at radius 2 is 2.04 bits per heavy atom. The maximum absolute atomic E-state index is 9.57. The van der Waals surface area contributed by atoms with E-state index in [9.17, 15) is 5.26 Å². The standard InChI is InChI=1S/C19H23N7O/c1-2-21-17-3-5-22-19(24-17)26-8-6-25(7-9-26)18-14(12-20)11-15-13-27-10-4-16(15)23-18/h3,5,11H,2,4,6-10,13H2,1H3,(H,21,22,24). The third-order valence-corrected chi connectivity index (χ3v) is 4.90. The molecule has 4 heterocycles. The highest BCUT2D eigenvalue weighted by molar-refractivity contribution is 5.57. The third kappa shape index (κ3) is 3.64. The number of rotatable bonds is 4. The highest BCUT2D eigenvalue weighted by Gasteiger charge is 2.24. The van der Waals surface area contributed by atoms with Gasteiger partial charge in [0.1, 0.15) is 17.7 Å². The minimum absolute atomic E-state index is 0.546. The van der Waals surface area contributed by atoms with Crippen molar-refractivity contribution in [3.8, 4) is 6.07 Å². The van der Waals surface area contributed by atoms with E-state index in [2.05, 4.69) is 31.2 Å². The summed E-state index contributed by atoms with van der Waals surface area (Å²) in [5, 5.41) is 12.8. The molecule has 2 aliphatic rings. The molecule has 0 aliphatic carbocycles. The molecule has 0 saturated carbocycles. The molecule has 2 aromatic rings. The molecule has 0 radical (unpaired) electrons. The summed E-state index contributed by atoms with van der Waals surface area (Å²) in [6.07, 6.45) is 2.59. The number of ether oxygens (including phenoxy) is 1. The summed E-state index contributed by atoms with van der Waals surface area (Å²) in [5.41, 5.74) is 2.71. The van der Waals surface area contributed by atoms with Crippen molar-refractivity contribution in [2.24, 2.45) is 0 Å². The van der Waals surface area contributed by atoms with Gasteiger partial charge in [-0.25, -0.2) is 9.97 Å². The van der Waals surface area contributed by atoms with Crippen molar-refractivity contribution < 1.29 is 4.74 Å². The number of pyridine rings is 1. The lowest BCUT2D eigenvalue weighted by Gasteiger charge is -2.36. The van der Waals surface area contributed by atoms with E-state index in [1.165, 1.54) is 0 Å². The average molecular weight is 365 g/mol. The Morgan fingerprint density at radius 3 is 2.81 bits per heavy atom. The van der Waals surface area contributed by atoms with Gasteiger partial charge in [0, 0.05) is 50.9 Å². The summed E-state index contributed by atoms with van der Waals surface area (Å²) < 4.78 is 5.48. The molecule has 1 fully saturated rings. The van der Waals surface area contributed by atoms with Crippen molar-refractivity contribution in [2.45, 2.75) is 20.0 Å². The molecule has 8 heteroatoms. The number of anilines is 3. The van der Waals surface area contributed by atoms with Gasteiger partial charge in [-0.05, 0) is 19.1 Å². The normalized spacial score (nSPS) is 16.6. The maximum Gasteiger partial charge on any atom is 0.227 e. The number of fused-ring (bicyclic) bond motifs is 1. The van der Waals surface area contributed by atoms with E-state index in [4.69, 9.17) is 9.72 Å². The van der Waals surface area contributed by atoms with E-state index in [0.29, 0.717) is 18.8 Å². The summed E-state index contributed by atoms with van der Waals surface area (Å²) in [6.45, 7) is 7.27. The molecule has 0 unspecified atom stereocenters. The zero-order chi connectivity index (χ0) is 18.6.